The monoisotopic (exact) mass is 395 g/mol. The van der Waals surface area contributed by atoms with E-state index in [4.69, 9.17) is 9.72 Å². The van der Waals surface area contributed by atoms with Crippen LogP contribution in [0.5, 0.6) is 5.75 Å². The van der Waals surface area contributed by atoms with E-state index >= 15 is 0 Å². The number of piperidine rings is 1. The second-order valence-corrected chi connectivity index (χ2v) is 7.87. The summed E-state index contributed by atoms with van der Waals surface area (Å²) >= 11 is 0. The number of aliphatic hydroxyl groups excluding tert-OH is 1. The molecule has 0 aromatic carbocycles. The Morgan fingerprint density at radius 3 is 2.76 bits per heavy atom. The number of pyridine rings is 1. The molecule has 9 heteroatoms. The number of aliphatic hydroxyl groups is 1. The van der Waals surface area contributed by atoms with Crippen LogP contribution in [-0.2, 0) is 6.54 Å². The van der Waals surface area contributed by atoms with E-state index in [0.29, 0.717) is 13.2 Å². The van der Waals surface area contributed by atoms with Crippen molar-refractivity contribution in [3.8, 4) is 28.7 Å². The Morgan fingerprint density at radius 2 is 1.97 bits per heavy atom. The fraction of sp³-hybridized carbons (Fsp3) is 0.500. The standard InChI is InChI=1S/C20H25N7O2/c1-13(2)27-20(22-12-23-27)16-11-26-7-8-29-17-9-18(21-10-15(17)19(26)24-16)25-5-3-14(28)4-6-25/h9-14,28H,3-8H2,1-2H3. The van der Waals surface area contributed by atoms with Crippen LogP contribution in [-0.4, -0.2) is 60.2 Å². The van der Waals surface area contributed by atoms with Gasteiger partial charge in [0, 0.05) is 37.6 Å². The van der Waals surface area contributed by atoms with E-state index in [1.54, 1.807) is 6.33 Å². The zero-order valence-electron chi connectivity index (χ0n) is 16.7. The summed E-state index contributed by atoms with van der Waals surface area (Å²) in [6.07, 6.45) is 6.75. The number of aromatic nitrogens is 6. The van der Waals surface area contributed by atoms with Crippen molar-refractivity contribution < 1.29 is 9.84 Å². The highest BCUT2D eigenvalue weighted by Gasteiger charge is 2.24. The van der Waals surface area contributed by atoms with Crippen molar-refractivity contribution in [3.63, 3.8) is 0 Å². The van der Waals surface area contributed by atoms with Crippen molar-refractivity contribution in [1.82, 2.24) is 29.3 Å². The van der Waals surface area contributed by atoms with E-state index in [-0.39, 0.29) is 12.1 Å². The quantitative estimate of drug-likeness (QED) is 0.726. The molecule has 5 rings (SSSR count). The smallest absolute Gasteiger partial charge is 0.178 e. The highest BCUT2D eigenvalue weighted by Crippen LogP contribution is 2.35. The van der Waals surface area contributed by atoms with Gasteiger partial charge in [-0.25, -0.2) is 19.6 Å². The van der Waals surface area contributed by atoms with Gasteiger partial charge >= 0.3 is 0 Å². The number of fused-ring (bicyclic) bond motifs is 3. The molecule has 2 aliphatic rings. The topological polar surface area (TPSA) is 94.1 Å². The van der Waals surface area contributed by atoms with Gasteiger partial charge in [0.15, 0.2) is 5.82 Å². The summed E-state index contributed by atoms with van der Waals surface area (Å²) in [4.78, 5) is 16.2. The van der Waals surface area contributed by atoms with Gasteiger partial charge in [-0.3, -0.25) is 0 Å². The number of imidazole rings is 1. The first-order valence-electron chi connectivity index (χ1n) is 10.1. The highest BCUT2D eigenvalue weighted by atomic mass is 16.5. The molecule has 1 saturated heterocycles. The first-order chi connectivity index (χ1) is 14.1. The molecule has 1 fully saturated rings. The minimum absolute atomic E-state index is 0.205. The van der Waals surface area contributed by atoms with Gasteiger partial charge < -0.3 is 19.3 Å². The molecule has 9 nitrogen and oxygen atoms in total. The predicted octanol–water partition coefficient (Wildman–Crippen LogP) is 2.14. The van der Waals surface area contributed by atoms with E-state index in [0.717, 1.165) is 60.4 Å². The molecule has 0 spiro atoms. The molecular weight excluding hydrogens is 370 g/mol. The fourth-order valence-corrected chi connectivity index (χ4v) is 3.96. The molecule has 0 bridgehead atoms. The Morgan fingerprint density at radius 1 is 1.14 bits per heavy atom. The largest absolute Gasteiger partial charge is 0.491 e. The molecular formula is C20H25N7O2. The first-order valence-corrected chi connectivity index (χ1v) is 10.1. The summed E-state index contributed by atoms with van der Waals surface area (Å²) in [6, 6.07) is 2.20. The van der Waals surface area contributed by atoms with Crippen LogP contribution in [0.3, 0.4) is 0 Å². The van der Waals surface area contributed by atoms with Crippen LogP contribution in [0.2, 0.25) is 0 Å². The van der Waals surface area contributed by atoms with Crippen LogP contribution in [0.25, 0.3) is 22.9 Å². The summed E-state index contributed by atoms with van der Waals surface area (Å²) < 4.78 is 10.0. The zero-order chi connectivity index (χ0) is 20.0. The van der Waals surface area contributed by atoms with Crippen LogP contribution in [0, 0.1) is 0 Å². The summed E-state index contributed by atoms with van der Waals surface area (Å²) in [5.74, 6) is 3.27. The van der Waals surface area contributed by atoms with Gasteiger partial charge in [-0.15, -0.1) is 0 Å². The van der Waals surface area contributed by atoms with Crippen LogP contribution >= 0.6 is 0 Å². The van der Waals surface area contributed by atoms with Gasteiger partial charge in [0.1, 0.15) is 36.0 Å². The maximum absolute atomic E-state index is 9.75. The maximum Gasteiger partial charge on any atom is 0.178 e. The van der Waals surface area contributed by atoms with E-state index in [1.165, 1.54) is 0 Å². The molecule has 0 atom stereocenters. The fourth-order valence-electron chi connectivity index (χ4n) is 3.96. The molecule has 0 amide bonds. The van der Waals surface area contributed by atoms with E-state index in [9.17, 15) is 5.11 Å². The molecule has 0 saturated carbocycles. The lowest BCUT2D eigenvalue weighted by molar-refractivity contribution is 0.145. The Kier molecular flexibility index (Phi) is 4.46. The van der Waals surface area contributed by atoms with Crippen molar-refractivity contribution in [3.05, 3.63) is 24.8 Å². The van der Waals surface area contributed by atoms with Crippen LogP contribution < -0.4 is 9.64 Å². The molecule has 5 heterocycles. The molecule has 0 radical (unpaired) electrons. The van der Waals surface area contributed by atoms with E-state index in [1.807, 2.05) is 23.1 Å². The normalized spacial score (nSPS) is 17.0. The number of nitrogens with zero attached hydrogens (tertiary/aromatic N) is 7. The van der Waals surface area contributed by atoms with Gasteiger partial charge in [-0.1, -0.05) is 0 Å². The number of rotatable bonds is 3. The van der Waals surface area contributed by atoms with Crippen LogP contribution in [0.4, 0.5) is 5.82 Å². The van der Waals surface area contributed by atoms with Gasteiger partial charge in [-0.2, -0.15) is 5.10 Å². The molecule has 152 valence electrons. The third-order valence-electron chi connectivity index (χ3n) is 5.54. The van der Waals surface area contributed by atoms with Crippen LogP contribution in [0.15, 0.2) is 24.8 Å². The van der Waals surface area contributed by atoms with Crippen molar-refractivity contribution in [2.45, 2.75) is 45.4 Å². The lowest BCUT2D eigenvalue weighted by Crippen LogP contribution is -2.36. The summed E-state index contributed by atoms with van der Waals surface area (Å²) in [5.41, 5.74) is 1.68. The lowest BCUT2D eigenvalue weighted by atomic mass is 10.1. The SMILES string of the molecule is CC(C)n1ncnc1-c1cn2c(n1)-c1cnc(N3CCC(O)CC3)cc1OCC2. The van der Waals surface area contributed by atoms with Crippen molar-refractivity contribution in [2.75, 3.05) is 24.6 Å². The molecule has 29 heavy (non-hydrogen) atoms. The van der Waals surface area contributed by atoms with Gasteiger partial charge in [0.2, 0.25) is 0 Å². The third kappa shape index (κ3) is 3.25. The molecule has 0 unspecified atom stereocenters. The minimum atomic E-state index is -0.206. The molecule has 3 aromatic heterocycles. The number of ether oxygens (including phenoxy) is 1. The van der Waals surface area contributed by atoms with Crippen molar-refractivity contribution in [1.29, 1.82) is 0 Å². The van der Waals surface area contributed by atoms with Crippen molar-refractivity contribution >= 4 is 5.82 Å². The highest BCUT2D eigenvalue weighted by molar-refractivity contribution is 5.69. The number of hydrogen-bond donors (Lipinski definition) is 1. The van der Waals surface area contributed by atoms with Gasteiger partial charge in [0.05, 0.1) is 18.2 Å². The minimum Gasteiger partial charge on any atom is -0.491 e. The van der Waals surface area contributed by atoms with E-state index < -0.39 is 0 Å². The summed E-state index contributed by atoms with van der Waals surface area (Å²) in [6.45, 7) is 7.03. The Labute approximate surface area is 169 Å². The first kappa shape index (κ1) is 18.1. The summed E-state index contributed by atoms with van der Waals surface area (Å²) in [5, 5.41) is 14.1. The Bertz CT molecular complexity index is 1020. The summed E-state index contributed by atoms with van der Waals surface area (Å²) in [7, 11) is 0. The number of hydrogen-bond acceptors (Lipinski definition) is 7. The van der Waals surface area contributed by atoms with E-state index in [2.05, 4.69) is 38.4 Å². The second-order valence-electron chi connectivity index (χ2n) is 7.87. The average Bonchev–Trinajstić information content (AvgIpc) is 3.33. The Balaban J connectivity index is 1.51. The molecule has 2 aliphatic heterocycles. The molecule has 3 aromatic rings. The lowest BCUT2D eigenvalue weighted by Gasteiger charge is -2.30. The average molecular weight is 395 g/mol. The maximum atomic E-state index is 9.75. The van der Waals surface area contributed by atoms with Crippen LogP contribution in [0.1, 0.15) is 32.7 Å². The Hall–Kier alpha value is -2.94. The van der Waals surface area contributed by atoms with Crippen molar-refractivity contribution in [2.24, 2.45) is 0 Å². The zero-order valence-corrected chi connectivity index (χ0v) is 16.7. The van der Waals surface area contributed by atoms with Gasteiger partial charge in [-0.05, 0) is 26.7 Å². The second kappa shape index (κ2) is 7.14. The van der Waals surface area contributed by atoms with Gasteiger partial charge in [0.25, 0.3) is 0 Å². The molecule has 0 aliphatic carbocycles. The molecule has 1 N–H and O–H groups in total. The predicted molar refractivity (Wildman–Crippen MR) is 108 cm³/mol. The third-order valence-corrected chi connectivity index (χ3v) is 5.54. The number of anilines is 1.